The lowest BCUT2D eigenvalue weighted by molar-refractivity contribution is -0.571. The quantitative estimate of drug-likeness (QED) is 0.0912. The van der Waals surface area contributed by atoms with E-state index < -0.39 is 67.6 Å². The molecular formula is C54H36BN5O2. The highest BCUT2D eigenvalue weighted by molar-refractivity contribution is 6.68. The van der Waals surface area contributed by atoms with Gasteiger partial charge < -0.3 is 19.0 Å². The second-order valence-electron chi connectivity index (χ2n) is 14.6. The molecule has 0 unspecified atom stereocenters. The lowest BCUT2D eigenvalue weighted by Gasteiger charge is -2.27. The van der Waals surface area contributed by atoms with E-state index in [0.29, 0.717) is 34.0 Å². The van der Waals surface area contributed by atoms with E-state index in [4.69, 9.17) is 28.1 Å². The molecule has 0 amide bonds. The third-order valence-corrected chi connectivity index (χ3v) is 11.0. The first-order chi connectivity index (χ1) is 34.9. The van der Waals surface area contributed by atoms with Gasteiger partial charge in [-0.15, -0.1) is 0 Å². The number of aromatic nitrogens is 3. The number of ether oxygens (including phenoxy) is 1. The summed E-state index contributed by atoms with van der Waals surface area (Å²) < 4.78 is 104. The molecule has 0 saturated heterocycles. The number of benzene rings is 8. The van der Waals surface area contributed by atoms with E-state index in [2.05, 4.69) is 34.1 Å². The Morgan fingerprint density at radius 2 is 1.18 bits per heavy atom. The first kappa shape index (κ1) is 26.7. The molecule has 10 aromatic rings. The maximum Gasteiger partial charge on any atom is 0.629 e. The normalized spacial score (nSPS) is 14.8. The summed E-state index contributed by atoms with van der Waals surface area (Å²) in [6.45, 7) is 0. The van der Waals surface area contributed by atoms with E-state index in [9.17, 15) is 0 Å². The summed E-state index contributed by atoms with van der Waals surface area (Å²) in [4.78, 5) is 9.08. The zero-order chi connectivity index (χ0) is 49.7. The molecule has 0 aliphatic carbocycles. The maximum atomic E-state index is 9.02. The molecule has 0 saturated carbocycles. The number of pyridine rings is 1. The molecule has 8 aromatic carbocycles. The number of rotatable bonds is 7. The van der Waals surface area contributed by atoms with Crippen LogP contribution in [0.5, 0.6) is 17.2 Å². The molecule has 4 heterocycles. The monoisotopic (exact) mass is 807 g/mol. The van der Waals surface area contributed by atoms with Gasteiger partial charge in [-0.3, -0.25) is 9.13 Å². The highest BCUT2D eigenvalue weighted by Gasteiger charge is 2.50. The van der Waals surface area contributed by atoms with Crippen molar-refractivity contribution in [2.45, 2.75) is 0 Å². The van der Waals surface area contributed by atoms with Crippen LogP contribution < -0.4 is 23.6 Å². The summed E-state index contributed by atoms with van der Waals surface area (Å²) in [6, 6.07) is 42.1. The third-order valence-electron chi connectivity index (χ3n) is 11.0. The number of para-hydroxylation sites is 5. The van der Waals surface area contributed by atoms with Crippen LogP contribution in [-0.4, -0.2) is 16.7 Å². The Balaban J connectivity index is 0.974. The number of hydrogen-bond donors (Lipinski definition) is 0. The Labute approximate surface area is 373 Å². The molecule has 292 valence electrons. The van der Waals surface area contributed by atoms with Crippen molar-refractivity contribution in [1.82, 2.24) is 9.55 Å². The Hall–Kier alpha value is -8.36. The summed E-state index contributed by atoms with van der Waals surface area (Å²) in [5.74, 6) is 2.46. The number of nitrogens with zero attached hydrogens (tertiary/aromatic N) is 5. The summed E-state index contributed by atoms with van der Waals surface area (Å²) >= 11 is 0. The molecule has 0 bridgehead atoms. The van der Waals surface area contributed by atoms with Gasteiger partial charge in [0, 0.05) is 34.8 Å². The van der Waals surface area contributed by atoms with Crippen molar-refractivity contribution in [2.75, 3.05) is 9.62 Å². The maximum absolute atomic E-state index is 9.02. The van der Waals surface area contributed by atoms with Crippen molar-refractivity contribution in [3.8, 4) is 62.0 Å². The molecule has 0 radical (unpaired) electrons. The van der Waals surface area contributed by atoms with Crippen molar-refractivity contribution in [1.29, 1.82) is 0 Å². The molecule has 0 atom stereocenters. The van der Waals surface area contributed by atoms with E-state index >= 15 is 0 Å². The van der Waals surface area contributed by atoms with Crippen LogP contribution in [0, 0.1) is 6.33 Å². The minimum Gasteiger partial charge on any atom is -0.522 e. The molecule has 0 spiro atoms. The van der Waals surface area contributed by atoms with Gasteiger partial charge in [0.15, 0.2) is 0 Å². The Bertz CT molecular complexity index is 3760. The van der Waals surface area contributed by atoms with E-state index in [1.807, 2.05) is 115 Å². The molecule has 8 heteroatoms. The van der Waals surface area contributed by atoms with Gasteiger partial charge in [0.05, 0.1) is 41.8 Å². The van der Waals surface area contributed by atoms with Crippen LogP contribution in [0.3, 0.4) is 0 Å². The van der Waals surface area contributed by atoms with Gasteiger partial charge in [0.25, 0.3) is 6.33 Å². The minimum absolute atomic E-state index is 0.137. The van der Waals surface area contributed by atoms with Gasteiger partial charge >= 0.3 is 7.19 Å². The average Bonchev–Trinajstić information content (AvgIpc) is 3.90. The summed E-state index contributed by atoms with van der Waals surface area (Å²) in [5.41, 5.74) is 6.65. The van der Waals surface area contributed by atoms with Crippen molar-refractivity contribution >= 4 is 41.1 Å². The van der Waals surface area contributed by atoms with E-state index in [-0.39, 0.29) is 27.9 Å². The lowest BCUT2D eigenvalue weighted by Crippen LogP contribution is -2.48. The molecular weight excluding hydrogens is 761 g/mol. The van der Waals surface area contributed by atoms with Crippen molar-refractivity contribution in [3.63, 3.8) is 0 Å². The highest BCUT2D eigenvalue weighted by atomic mass is 16.5. The average molecular weight is 808 g/mol. The number of imidazole rings is 1. The summed E-state index contributed by atoms with van der Waals surface area (Å²) in [6.07, 6.45) is 5.20. The number of fused-ring (bicyclic) bond motifs is 8. The largest absolute Gasteiger partial charge is 0.629 e. The van der Waals surface area contributed by atoms with Gasteiger partial charge in [0.1, 0.15) is 23.1 Å². The standard InChI is InChI=1S/C54H36BN5O2/c1-3-17-38(18-4-1)44-27-15-28-45(39-19-5-2-6-20-39)53(44)58-37-57(49-30-10-11-31-50(49)58)40-21-13-23-42(35-40)61-43-24-14-22-41(36-43)59-54-51(32-16-34-56-54)60-48-29-9-7-25-46(48)47-26-8-12-33-52(47)62-55(59)60/h1-36H/i1D,2D,3D,4D,5D,6D,17D,18D,19D,20D. The zero-order valence-electron chi connectivity index (χ0n) is 42.6. The van der Waals surface area contributed by atoms with Gasteiger partial charge in [-0.25, -0.2) is 4.98 Å². The SMILES string of the molecule is [2H]c1c([2H])c([2H])c(-c2cccc(-c3c([2H])c([2H])c([2H])c([2H])c3[2H])c2-[n+]2[c-]n(-c3cccc(Oc4cccc(N5B6Oc7ccccc7-c7ccccc7N6c6cccnc65)c4)c3)c3ccccc32)c([2H])c1[2H]. The Morgan fingerprint density at radius 1 is 0.565 bits per heavy atom. The lowest BCUT2D eigenvalue weighted by atomic mass is 9.93. The second-order valence-corrected chi connectivity index (χ2v) is 14.6. The van der Waals surface area contributed by atoms with E-state index in [0.717, 1.165) is 33.9 Å². The fourth-order valence-corrected chi connectivity index (χ4v) is 8.42. The smallest absolute Gasteiger partial charge is 0.522 e. The van der Waals surface area contributed by atoms with E-state index in [1.165, 1.54) is 0 Å². The van der Waals surface area contributed by atoms with Crippen molar-refractivity contribution in [2.24, 2.45) is 0 Å². The number of anilines is 4. The van der Waals surface area contributed by atoms with Gasteiger partial charge in [-0.2, -0.15) is 0 Å². The highest BCUT2D eigenvalue weighted by Crippen LogP contribution is 2.51. The van der Waals surface area contributed by atoms with E-state index in [1.54, 1.807) is 33.5 Å². The van der Waals surface area contributed by atoms with Gasteiger partial charge in [-0.1, -0.05) is 151 Å². The van der Waals surface area contributed by atoms with Crippen molar-refractivity contribution < 1.29 is 27.7 Å². The molecule has 2 aliphatic heterocycles. The van der Waals surface area contributed by atoms with Crippen LogP contribution >= 0.6 is 0 Å². The van der Waals surface area contributed by atoms with Crippen LogP contribution in [0.2, 0.25) is 0 Å². The molecule has 12 rings (SSSR count). The topological polar surface area (TPSA) is 46.6 Å². The predicted octanol–water partition coefficient (Wildman–Crippen LogP) is 12.6. The molecule has 62 heavy (non-hydrogen) atoms. The molecule has 0 N–H and O–H groups in total. The van der Waals surface area contributed by atoms with Crippen LogP contribution in [0.25, 0.3) is 55.8 Å². The fourth-order valence-electron chi connectivity index (χ4n) is 8.42. The fraction of sp³-hybridized carbons (Fsp3) is 0. The number of hydrogen-bond acceptors (Lipinski definition) is 5. The molecule has 7 nitrogen and oxygen atoms in total. The first-order valence-corrected chi connectivity index (χ1v) is 19.9. The predicted molar refractivity (Wildman–Crippen MR) is 248 cm³/mol. The zero-order valence-corrected chi connectivity index (χ0v) is 32.6. The van der Waals surface area contributed by atoms with Crippen molar-refractivity contribution in [3.05, 3.63) is 225 Å². The first-order valence-electron chi connectivity index (χ1n) is 24.9. The van der Waals surface area contributed by atoms with Gasteiger partial charge in [0.2, 0.25) is 0 Å². The second kappa shape index (κ2) is 14.7. The van der Waals surface area contributed by atoms with Crippen LogP contribution in [0.15, 0.2) is 218 Å². The summed E-state index contributed by atoms with van der Waals surface area (Å²) in [7, 11) is -0.630. The van der Waals surface area contributed by atoms with Crippen LogP contribution in [0.1, 0.15) is 13.7 Å². The molecule has 2 aliphatic rings. The van der Waals surface area contributed by atoms with Gasteiger partial charge in [-0.05, 0) is 76.9 Å². The molecule has 0 fully saturated rings. The van der Waals surface area contributed by atoms with Crippen LogP contribution in [0.4, 0.5) is 22.9 Å². The minimum atomic E-state index is -0.630. The Kier molecular flexibility index (Phi) is 6.34. The summed E-state index contributed by atoms with van der Waals surface area (Å²) in [5, 5.41) is 0. The molecule has 2 aromatic heterocycles. The Morgan fingerprint density at radius 3 is 1.95 bits per heavy atom. The van der Waals surface area contributed by atoms with Crippen LogP contribution in [-0.2, 0) is 0 Å². The third kappa shape index (κ3) is 5.92.